The van der Waals surface area contributed by atoms with Crippen LogP contribution in [0.3, 0.4) is 0 Å². The molecule has 0 bridgehead atoms. The van der Waals surface area contributed by atoms with Crippen molar-refractivity contribution in [1.82, 2.24) is 4.90 Å². The highest BCUT2D eigenvalue weighted by Crippen LogP contribution is 2.25. The fraction of sp³-hybridized carbons (Fsp3) is 0.533. The largest absolute Gasteiger partial charge is 0.508 e. The molecule has 110 valence electrons. The summed E-state index contributed by atoms with van der Waals surface area (Å²) in [4.78, 5) is 14.2. The van der Waals surface area contributed by atoms with E-state index in [2.05, 4.69) is 0 Å². The fourth-order valence-electron chi connectivity index (χ4n) is 2.75. The molecule has 1 aromatic rings. The van der Waals surface area contributed by atoms with Gasteiger partial charge in [0.25, 0.3) is 0 Å². The molecule has 1 saturated heterocycles. The Hall–Kier alpha value is -1.26. The molecule has 0 aliphatic carbocycles. The second-order valence-corrected chi connectivity index (χ2v) is 5.83. The Morgan fingerprint density at radius 2 is 2.30 bits per heavy atom. The van der Waals surface area contributed by atoms with E-state index < -0.39 is 6.10 Å². The molecule has 1 aromatic carbocycles. The third-order valence-electron chi connectivity index (χ3n) is 3.69. The van der Waals surface area contributed by atoms with Crippen molar-refractivity contribution < 1.29 is 15.0 Å². The summed E-state index contributed by atoms with van der Waals surface area (Å²) in [6, 6.07) is 4.78. The number of carbonyl (C=O) groups excluding carboxylic acids is 1. The molecule has 1 fully saturated rings. The highest BCUT2D eigenvalue weighted by atomic mass is 35.5. The third-order valence-corrected chi connectivity index (χ3v) is 4.04. The summed E-state index contributed by atoms with van der Waals surface area (Å²) in [6.07, 6.45) is 2.38. The number of phenols is 1. The molecule has 2 unspecified atom stereocenters. The van der Waals surface area contributed by atoms with Gasteiger partial charge in [0.1, 0.15) is 5.75 Å². The van der Waals surface area contributed by atoms with Gasteiger partial charge in [0.15, 0.2) is 0 Å². The molecule has 1 amide bonds. The lowest BCUT2D eigenvalue weighted by Crippen LogP contribution is -2.38. The average molecular weight is 298 g/mol. The van der Waals surface area contributed by atoms with Gasteiger partial charge in [0, 0.05) is 17.6 Å². The molecule has 0 spiro atoms. The summed E-state index contributed by atoms with van der Waals surface area (Å²) in [6.45, 7) is 2.49. The van der Waals surface area contributed by atoms with Crippen LogP contribution in [0.15, 0.2) is 18.2 Å². The van der Waals surface area contributed by atoms with Gasteiger partial charge in [0.05, 0.1) is 12.5 Å². The molecule has 4 nitrogen and oxygen atoms in total. The number of hydrogen-bond acceptors (Lipinski definition) is 3. The average Bonchev–Trinajstić information content (AvgIpc) is 2.80. The Morgan fingerprint density at radius 1 is 1.55 bits per heavy atom. The Morgan fingerprint density at radius 3 is 2.95 bits per heavy atom. The van der Waals surface area contributed by atoms with Crippen molar-refractivity contribution in [2.45, 2.75) is 44.8 Å². The molecular weight excluding hydrogens is 278 g/mol. The minimum Gasteiger partial charge on any atom is -0.508 e. The van der Waals surface area contributed by atoms with Crippen LogP contribution in [0.25, 0.3) is 0 Å². The number of amides is 1. The van der Waals surface area contributed by atoms with E-state index in [9.17, 15) is 15.0 Å². The number of aliphatic hydroxyl groups is 1. The zero-order valence-corrected chi connectivity index (χ0v) is 12.3. The molecule has 1 heterocycles. The number of phenolic OH excluding ortho intramolecular Hbond substituents is 1. The van der Waals surface area contributed by atoms with E-state index in [1.807, 2.05) is 4.90 Å². The number of carbonyl (C=O) groups is 1. The quantitative estimate of drug-likeness (QED) is 0.897. The summed E-state index contributed by atoms with van der Waals surface area (Å²) in [5.41, 5.74) is 0.720. The molecule has 2 N–H and O–H groups in total. The first-order valence-electron chi connectivity index (χ1n) is 6.92. The Bertz CT molecular complexity index is 490. The first kappa shape index (κ1) is 15.1. The maximum atomic E-state index is 12.4. The van der Waals surface area contributed by atoms with E-state index in [-0.39, 0.29) is 24.1 Å². The first-order chi connectivity index (χ1) is 9.47. The van der Waals surface area contributed by atoms with Crippen LogP contribution in [0.1, 0.15) is 31.7 Å². The molecule has 0 saturated carbocycles. The SMILES string of the molecule is CC(O)CC1CCCN1C(=O)Cc1ccc(O)cc1Cl. The van der Waals surface area contributed by atoms with Gasteiger partial charge >= 0.3 is 0 Å². The van der Waals surface area contributed by atoms with Gasteiger partial charge < -0.3 is 15.1 Å². The molecule has 0 aromatic heterocycles. The van der Waals surface area contributed by atoms with Gasteiger partial charge in [-0.05, 0) is 43.9 Å². The van der Waals surface area contributed by atoms with Crippen molar-refractivity contribution in [3.05, 3.63) is 28.8 Å². The Balaban J connectivity index is 2.03. The van der Waals surface area contributed by atoms with E-state index in [4.69, 9.17) is 11.6 Å². The van der Waals surface area contributed by atoms with Gasteiger partial charge in [-0.25, -0.2) is 0 Å². The second kappa shape index (κ2) is 6.46. The normalized spacial score (nSPS) is 20.1. The van der Waals surface area contributed by atoms with Crippen LogP contribution in [0.2, 0.25) is 5.02 Å². The molecule has 20 heavy (non-hydrogen) atoms. The zero-order chi connectivity index (χ0) is 14.7. The monoisotopic (exact) mass is 297 g/mol. The first-order valence-corrected chi connectivity index (χ1v) is 7.30. The van der Waals surface area contributed by atoms with E-state index >= 15 is 0 Å². The molecular formula is C15H20ClNO3. The maximum Gasteiger partial charge on any atom is 0.227 e. The van der Waals surface area contributed by atoms with Crippen LogP contribution in [0, 0.1) is 0 Å². The van der Waals surface area contributed by atoms with Crippen LogP contribution in [-0.2, 0) is 11.2 Å². The Labute approximate surface area is 124 Å². The number of halogens is 1. The number of aromatic hydroxyl groups is 1. The van der Waals surface area contributed by atoms with Crippen molar-refractivity contribution in [2.75, 3.05) is 6.54 Å². The summed E-state index contributed by atoms with van der Waals surface area (Å²) in [7, 11) is 0. The summed E-state index contributed by atoms with van der Waals surface area (Å²) in [5, 5.41) is 19.2. The van der Waals surface area contributed by atoms with Crippen LogP contribution < -0.4 is 0 Å². The second-order valence-electron chi connectivity index (χ2n) is 5.42. The van der Waals surface area contributed by atoms with Crippen LogP contribution in [-0.4, -0.2) is 39.7 Å². The van der Waals surface area contributed by atoms with Crippen LogP contribution >= 0.6 is 11.6 Å². The van der Waals surface area contributed by atoms with E-state index in [0.717, 1.165) is 24.9 Å². The van der Waals surface area contributed by atoms with E-state index in [1.54, 1.807) is 13.0 Å². The minimum absolute atomic E-state index is 0.0285. The standard InChI is InChI=1S/C15H20ClNO3/c1-10(18)7-12-3-2-6-17(12)15(20)8-11-4-5-13(19)9-14(11)16/h4-5,9-10,12,18-19H,2-3,6-8H2,1H3. The van der Waals surface area contributed by atoms with Crippen molar-refractivity contribution in [3.8, 4) is 5.75 Å². The number of rotatable bonds is 4. The van der Waals surface area contributed by atoms with Gasteiger partial charge in [-0.3, -0.25) is 4.79 Å². The molecule has 5 heteroatoms. The number of aliphatic hydroxyl groups excluding tert-OH is 1. The van der Waals surface area contributed by atoms with Crippen molar-refractivity contribution >= 4 is 17.5 Å². The number of likely N-dealkylation sites (tertiary alicyclic amines) is 1. The lowest BCUT2D eigenvalue weighted by atomic mass is 10.1. The van der Waals surface area contributed by atoms with E-state index in [0.29, 0.717) is 11.4 Å². The summed E-state index contributed by atoms with van der Waals surface area (Å²) in [5.74, 6) is 0.125. The topological polar surface area (TPSA) is 60.8 Å². The van der Waals surface area contributed by atoms with Gasteiger partial charge in [0.2, 0.25) is 5.91 Å². The summed E-state index contributed by atoms with van der Waals surface area (Å²) < 4.78 is 0. The summed E-state index contributed by atoms with van der Waals surface area (Å²) >= 11 is 6.03. The predicted octanol–water partition coefficient (Wildman–Crippen LogP) is 2.35. The van der Waals surface area contributed by atoms with Crippen LogP contribution in [0.5, 0.6) is 5.75 Å². The lowest BCUT2D eigenvalue weighted by Gasteiger charge is -2.26. The predicted molar refractivity (Wildman–Crippen MR) is 77.9 cm³/mol. The molecule has 2 atom stereocenters. The molecule has 1 aliphatic rings. The fourth-order valence-corrected chi connectivity index (χ4v) is 2.99. The number of benzene rings is 1. The maximum absolute atomic E-state index is 12.4. The minimum atomic E-state index is -0.398. The van der Waals surface area contributed by atoms with Gasteiger partial charge in [-0.15, -0.1) is 0 Å². The third kappa shape index (κ3) is 3.64. The van der Waals surface area contributed by atoms with Crippen LogP contribution in [0.4, 0.5) is 0 Å². The lowest BCUT2D eigenvalue weighted by molar-refractivity contribution is -0.131. The molecule has 0 radical (unpaired) electrons. The number of nitrogens with zero attached hydrogens (tertiary/aromatic N) is 1. The van der Waals surface area contributed by atoms with Crippen molar-refractivity contribution in [1.29, 1.82) is 0 Å². The zero-order valence-electron chi connectivity index (χ0n) is 11.6. The highest BCUT2D eigenvalue weighted by Gasteiger charge is 2.29. The highest BCUT2D eigenvalue weighted by molar-refractivity contribution is 6.31. The van der Waals surface area contributed by atoms with Gasteiger partial charge in [-0.1, -0.05) is 17.7 Å². The van der Waals surface area contributed by atoms with Gasteiger partial charge in [-0.2, -0.15) is 0 Å². The van der Waals surface area contributed by atoms with Crippen molar-refractivity contribution in [2.24, 2.45) is 0 Å². The Kier molecular flexibility index (Phi) is 4.89. The van der Waals surface area contributed by atoms with Crippen molar-refractivity contribution in [3.63, 3.8) is 0 Å². The number of hydrogen-bond donors (Lipinski definition) is 2. The molecule has 2 rings (SSSR count). The smallest absolute Gasteiger partial charge is 0.227 e. The molecule has 1 aliphatic heterocycles. The van der Waals surface area contributed by atoms with E-state index in [1.165, 1.54) is 12.1 Å².